The molecule has 0 aromatic rings. The number of esters is 1. The molecular formula is C11H18N2O4. The number of carbonyl (C=O) groups excluding carboxylic acids is 3. The van der Waals surface area contributed by atoms with Crippen molar-refractivity contribution in [3.8, 4) is 0 Å². The fourth-order valence-corrected chi connectivity index (χ4v) is 1.69. The summed E-state index contributed by atoms with van der Waals surface area (Å²) >= 11 is 0. The Kier molecular flexibility index (Phi) is 4.48. The van der Waals surface area contributed by atoms with Crippen LogP contribution in [0.5, 0.6) is 0 Å². The Balaban J connectivity index is 2.58. The highest BCUT2D eigenvalue weighted by Gasteiger charge is 2.31. The van der Waals surface area contributed by atoms with E-state index in [1.807, 2.05) is 13.8 Å². The van der Waals surface area contributed by atoms with Crippen molar-refractivity contribution >= 4 is 17.8 Å². The molecule has 0 bridgehead atoms. The van der Waals surface area contributed by atoms with Gasteiger partial charge in [-0.2, -0.15) is 0 Å². The lowest BCUT2D eigenvalue weighted by Gasteiger charge is -2.21. The summed E-state index contributed by atoms with van der Waals surface area (Å²) in [4.78, 5) is 34.2. The first-order chi connectivity index (χ1) is 7.95. The third-order valence-corrected chi connectivity index (χ3v) is 2.73. The van der Waals surface area contributed by atoms with Gasteiger partial charge in [-0.05, 0) is 12.3 Å². The second kappa shape index (κ2) is 5.65. The van der Waals surface area contributed by atoms with Gasteiger partial charge in [0.1, 0.15) is 12.1 Å². The van der Waals surface area contributed by atoms with Crippen molar-refractivity contribution in [3.05, 3.63) is 0 Å². The molecule has 2 atom stereocenters. The van der Waals surface area contributed by atoms with Crippen molar-refractivity contribution in [1.29, 1.82) is 0 Å². The average Bonchev–Trinajstić information content (AvgIpc) is 2.71. The van der Waals surface area contributed by atoms with Crippen molar-refractivity contribution in [2.45, 2.75) is 38.8 Å². The van der Waals surface area contributed by atoms with E-state index in [0.29, 0.717) is 12.8 Å². The van der Waals surface area contributed by atoms with E-state index in [1.54, 1.807) is 0 Å². The van der Waals surface area contributed by atoms with Crippen molar-refractivity contribution in [1.82, 2.24) is 10.6 Å². The quantitative estimate of drug-likeness (QED) is 0.656. The summed E-state index contributed by atoms with van der Waals surface area (Å²) in [5.74, 6) is -1.01. The van der Waals surface area contributed by atoms with Gasteiger partial charge in [-0.1, -0.05) is 13.8 Å². The number of hydrogen-bond acceptors (Lipinski definition) is 4. The van der Waals surface area contributed by atoms with Crippen LogP contribution in [-0.2, 0) is 19.1 Å². The van der Waals surface area contributed by atoms with E-state index < -0.39 is 18.1 Å². The van der Waals surface area contributed by atoms with Crippen molar-refractivity contribution in [3.63, 3.8) is 0 Å². The maximum atomic E-state index is 11.8. The minimum Gasteiger partial charge on any atom is -0.467 e. The highest BCUT2D eigenvalue weighted by molar-refractivity contribution is 5.93. The lowest BCUT2D eigenvalue weighted by molar-refractivity contribution is -0.146. The number of amides is 2. The zero-order valence-electron chi connectivity index (χ0n) is 10.3. The van der Waals surface area contributed by atoms with Gasteiger partial charge in [0.25, 0.3) is 0 Å². The lowest BCUT2D eigenvalue weighted by atomic mass is 10.0. The Morgan fingerprint density at radius 1 is 1.47 bits per heavy atom. The molecular weight excluding hydrogens is 224 g/mol. The summed E-state index contributed by atoms with van der Waals surface area (Å²) in [6, 6.07) is -1.21. The minimum atomic E-state index is -0.676. The predicted octanol–water partition coefficient (Wildman–Crippen LogP) is -0.421. The molecule has 0 aliphatic carbocycles. The molecule has 0 spiro atoms. The number of carbonyl (C=O) groups is 3. The fraction of sp³-hybridized carbons (Fsp3) is 0.727. The zero-order valence-corrected chi connectivity index (χ0v) is 10.3. The van der Waals surface area contributed by atoms with Crippen LogP contribution in [0.2, 0.25) is 0 Å². The van der Waals surface area contributed by atoms with Gasteiger partial charge in [0.2, 0.25) is 11.8 Å². The fourth-order valence-electron chi connectivity index (χ4n) is 1.69. The summed E-state index contributed by atoms with van der Waals surface area (Å²) in [6.45, 7) is 3.63. The van der Waals surface area contributed by atoms with Gasteiger partial charge in [0.05, 0.1) is 7.11 Å². The SMILES string of the molecule is COC(=O)[C@H](NC(=O)[C@H]1CCC(=O)N1)C(C)C. The molecule has 0 aromatic heterocycles. The van der Waals surface area contributed by atoms with Crippen LogP contribution in [0, 0.1) is 5.92 Å². The third kappa shape index (κ3) is 3.44. The standard InChI is InChI=1S/C11H18N2O4/c1-6(2)9(11(16)17-3)13-10(15)7-4-5-8(14)12-7/h6-7,9H,4-5H2,1-3H3,(H,12,14)(H,13,15)/t7-,9-/m1/s1. The molecule has 1 aliphatic heterocycles. The van der Waals surface area contributed by atoms with Gasteiger partial charge < -0.3 is 15.4 Å². The van der Waals surface area contributed by atoms with Crippen LogP contribution < -0.4 is 10.6 Å². The maximum absolute atomic E-state index is 11.8. The Labute approximate surface area is 100 Å². The first-order valence-electron chi connectivity index (χ1n) is 5.63. The molecule has 0 radical (unpaired) electrons. The highest BCUT2D eigenvalue weighted by atomic mass is 16.5. The molecule has 0 unspecified atom stereocenters. The largest absolute Gasteiger partial charge is 0.467 e. The monoisotopic (exact) mass is 242 g/mol. The Hall–Kier alpha value is -1.59. The summed E-state index contributed by atoms with van der Waals surface area (Å²) in [5, 5.41) is 5.15. The third-order valence-electron chi connectivity index (χ3n) is 2.73. The van der Waals surface area contributed by atoms with Crippen molar-refractivity contribution in [2.75, 3.05) is 7.11 Å². The maximum Gasteiger partial charge on any atom is 0.328 e. The molecule has 6 heteroatoms. The van der Waals surface area contributed by atoms with Crippen LogP contribution in [0.3, 0.4) is 0 Å². The normalized spacial score (nSPS) is 20.9. The molecule has 1 saturated heterocycles. The Morgan fingerprint density at radius 3 is 2.53 bits per heavy atom. The molecule has 96 valence electrons. The van der Waals surface area contributed by atoms with E-state index in [-0.39, 0.29) is 17.7 Å². The van der Waals surface area contributed by atoms with Crippen LogP contribution in [-0.4, -0.2) is 37.0 Å². The molecule has 2 N–H and O–H groups in total. The van der Waals surface area contributed by atoms with Gasteiger partial charge in [-0.25, -0.2) is 4.79 Å². The average molecular weight is 242 g/mol. The Morgan fingerprint density at radius 2 is 2.12 bits per heavy atom. The summed E-state index contributed by atoms with van der Waals surface area (Å²) in [5.41, 5.74) is 0. The number of ether oxygens (including phenoxy) is 1. The molecule has 6 nitrogen and oxygen atoms in total. The van der Waals surface area contributed by atoms with E-state index >= 15 is 0 Å². The smallest absolute Gasteiger partial charge is 0.328 e. The van der Waals surface area contributed by atoms with Crippen LogP contribution in [0.4, 0.5) is 0 Å². The molecule has 0 aromatic carbocycles. The number of methoxy groups -OCH3 is 1. The molecule has 1 rings (SSSR count). The Bertz CT molecular complexity index is 327. The topological polar surface area (TPSA) is 84.5 Å². The van der Waals surface area contributed by atoms with Gasteiger partial charge in [-0.3, -0.25) is 9.59 Å². The minimum absolute atomic E-state index is 0.0662. The number of rotatable bonds is 4. The van der Waals surface area contributed by atoms with E-state index in [9.17, 15) is 14.4 Å². The van der Waals surface area contributed by atoms with Crippen LogP contribution in [0.1, 0.15) is 26.7 Å². The van der Waals surface area contributed by atoms with Gasteiger partial charge in [0.15, 0.2) is 0 Å². The van der Waals surface area contributed by atoms with E-state index in [1.165, 1.54) is 7.11 Å². The lowest BCUT2D eigenvalue weighted by Crippen LogP contribution is -2.51. The van der Waals surface area contributed by atoms with Gasteiger partial charge >= 0.3 is 5.97 Å². The highest BCUT2D eigenvalue weighted by Crippen LogP contribution is 2.09. The van der Waals surface area contributed by atoms with Crippen LogP contribution in [0.25, 0.3) is 0 Å². The summed E-state index contributed by atoms with van der Waals surface area (Å²) < 4.78 is 4.62. The number of hydrogen-bond donors (Lipinski definition) is 2. The molecule has 2 amide bonds. The molecule has 17 heavy (non-hydrogen) atoms. The second-order valence-corrected chi connectivity index (χ2v) is 4.41. The molecule has 1 aliphatic rings. The molecule has 1 heterocycles. The number of nitrogens with one attached hydrogen (secondary N) is 2. The first kappa shape index (κ1) is 13.5. The first-order valence-corrected chi connectivity index (χ1v) is 5.63. The second-order valence-electron chi connectivity index (χ2n) is 4.41. The summed E-state index contributed by atoms with van der Waals surface area (Å²) in [7, 11) is 1.28. The van der Waals surface area contributed by atoms with Gasteiger partial charge in [0, 0.05) is 6.42 Å². The summed E-state index contributed by atoms with van der Waals surface area (Å²) in [6.07, 6.45) is 0.819. The van der Waals surface area contributed by atoms with E-state index in [0.717, 1.165) is 0 Å². The molecule has 0 saturated carbocycles. The van der Waals surface area contributed by atoms with E-state index in [4.69, 9.17) is 0 Å². The molecule has 1 fully saturated rings. The van der Waals surface area contributed by atoms with Crippen LogP contribution >= 0.6 is 0 Å². The van der Waals surface area contributed by atoms with E-state index in [2.05, 4.69) is 15.4 Å². The van der Waals surface area contributed by atoms with Crippen LogP contribution in [0.15, 0.2) is 0 Å². The van der Waals surface area contributed by atoms with Crippen molar-refractivity contribution in [2.24, 2.45) is 5.92 Å². The predicted molar refractivity (Wildman–Crippen MR) is 59.9 cm³/mol. The van der Waals surface area contributed by atoms with Crippen molar-refractivity contribution < 1.29 is 19.1 Å². The van der Waals surface area contributed by atoms with Gasteiger partial charge in [-0.15, -0.1) is 0 Å². The zero-order chi connectivity index (χ0) is 13.0.